The Bertz CT molecular complexity index is 550. The summed E-state index contributed by atoms with van der Waals surface area (Å²) in [5.74, 6) is -0.0537. The number of halogens is 1. The molecule has 0 atom stereocenters. The highest BCUT2D eigenvalue weighted by molar-refractivity contribution is 6.30. The highest BCUT2D eigenvalue weighted by atomic mass is 35.5. The third kappa shape index (κ3) is 4.73. The first-order valence-electron chi connectivity index (χ1n) is 8.70. The molecule has 132 valence electrons. The molecule has 24 heavy (non-hydrogen) atoms. The van der Waals surface area contributed by atoms with Crippen molar-refractivity contribution < 1.29 is 14.3 Å². The molecule has 0 radical (unpaired) electrons. The second-order valence-corrected chi connectivity index (χ2v) is 6.88. The molecule has 1 aromatic carbocycles. The summed E-state index contributed by atoms with van der Waals surface area (Å²) in [5, 5.41) is 3.79. The van der Waals surface area contributed by atoms with E-state index in [-0.39, 0.29) is 11.9 Å². The van der Waals surface area contributed by atoms with Gasteiger partial charge < -0.3 is 10.1 Å². The molecule has 0 saturated heterocycles. The van der Waals surface area contributed by atoms with Crippen LogP contribution in [0.4, 0.5) is 0 Å². The van der Waals surface area contributed by atoms with Crippen molar-refractivity contribution in [2.24, 2.45) is 0 Å². The van der Waals surface area contributed by atoms with Crippen LogP contribution in [0.5, 0.6) is 0 Å². The van der Waals surface area contributed by atoms with Gasteiger partial charge in [0.2, 0.25) is 5.91 Å². The zero-order valence-electron chi connectivity index (χ0n) is 14.3. The molecule has 0 unspecified atom stereocenters. The highest BCUT2D eigenvalue weighted by Gasteiger charge is 2.42. The van der Waals surface area contributed by atoms with E-state index < -0.39 is 5.41 Å². The summed E-state index contributed by atoms with van der Waals surface area (Å²) in [5.41, 5.74) is 0.656. The molecule has 1 aliphatic carbocycles. The Morgan fingerprint density at radius 2 is 1.79 bits per heavy atom. The Kier molecular flexibility index (Phi) is 7.10. The number of amides is 1. The molecule has 1 fully saturated rings. The molecule has 1 aliphatic rings. The monoisotopic (exact) mass is 351 g/mol. The molecule has 0 heterocycles. The number of benzene rings is 1. The van der Waals surface area contributed by atoms with Crippen molar-refractivity contribution in [1.82, 2.24) is 5.32 Å². The number of methoxy groups -OCH3 is 1. The highest BCUT2D eigenvalue weighted by Crippen LogP contribution is 2.41. The molecule has 5 heteroatoms. The third-order valence-electron chi connectivity index (χ3n) is 4.86. The first-order valence-corrected chi connectivity index (χ1v) is 9.07. The van der Waals surface area contributed by atoms with Gasteiger partial charge in [-0.15, -0.1) is 0 Å². The minimum absolute atomic E-state index is 0.121. The lowest BCUT2D eigenvalue weighted by Crippen LogP contribution is -2.43. The molecule has 1 N–H and O–H groups in total. The predicted molar refractivity (Wildman–Crippen MR) is 95.1 cm³/mol. The van der Waals surface area contributed by atoms with Crippen molar-refractivity contribution in [3.8, 4) is 0 Å². The number of hydrogen-bond donors (Lipinski definition) is 1. The summed E-state index contributed by atoms with van der Waals surface area (Å²) in [6, 6.07) is 7.67. The molecular weight excluding hydrogens is 326 g/mol. The van der Waals surface area contributed by atoms with E-state index in [9.17, 15) is 9.59 Å². The molecular formula is C19H26ClNO3. The van der Waals surface area contributed by atoms with Gasteiger partial charge in [-0.1, -0.05) is 43.0 Å². The molecule has 1 amide bonds. The second-order valence-electron chi connectivity index (χ2n) is 6.44. The van der Waals surface area contributed by atoms with Crippen LogP contribution in [0.25, 0.3) is 0 Å². The van der Waals surface area contributed by atoms with E-state index in [1.165, 1.54) is 7.11 Å². The van der Waals surface area contributed by atoms with Gasteiger partial charge in [-0.25, -0.2) is 0 Å². The van der Waals surface area contributed by atoms with E-state index in [2.05, 4.69) is 10.1 Å². The largest absolute Gasteiger partial charge is 0.469 e. The maximum Gasteiger partial charge on any atom is 0.305 e. The smallest absolute Gasteiger partial charge is 0.305 e. The predicted octanol–water partition coefficient (Wildman–Crippen LogP) is 4.00. The van der Waals surface area contributed by atoms with Crippen LogP contribution in [0.1, 0.15) is 56.9 Å². The van der Waals surface area contributed by atoms with Gasteiger partial charge in [-0.2, -0.15) is 0 Å². The van der Waals surface area contributed by atoms with Gasteiger partial charge in [-0.3, -0.25) is 9.59 Å². The molecule has 2 rings (SSSR count). The Morgan fingerprint density at radius 3 is 2.42 bits per heavy atom. The molecule has 1 saturated carbocycles. The van der Waals surface area contributed by atoms with Crippen molar-refractivity contribution in [2.75, 3.05) is 13.7 Å². The quantitative estimate of drug-likeness (QED) is 0.569. The second kappa shape index (κ2) is 9.07. The topological polar surface area (TPSA) is 55.4 Å². The molecule has 4 nitrogen and oxygen atoms in total. The van der Waals surface area contributed by atoms with Crippen molar-refractivity contribution in [2.45, 2.75) is 56.8 Å². The summed E-state index contributed by atoms with van der Waals surface area (Å²) in [6.07, 6.45) is 6.96. The SMILES string of the molecule is COC(=O)CCCCCNC(=O)C1(c2ccc(Cl)cc2)CCCC1. The number of rotatable bonds is 8. The fraction of sp³-hybridized carbons (Fsp3) is 0.579. The Hall–Kier alpha value is -1.55. The van der Waals surface area contributed by atoms with Gasteiger partial charge in [0.15, 0.2) is 0 Å². The van der Waals surface area contributed by atoms with Crippen LogP contribution in [-0.4, -0.2) is 25.5 Å². The number of unbranched alkanes of at least 4 members (excludes halogenated alkanes) is 2. The summed E-state index contributed by atoms with van der Waals surface area (Å²) >= 11 is 5.97. The molecule has 1 aromatic rings. The third-order valence-corrected chi connectivity index (χ3v) is 5.11. The summed E-state index contributed by atoms with van der Waals surface area (Å²) < 4.78 is 4.62. The fourth-order valence-corrected chi connectivity index (χ4v) is 3.56. The van der Waals surface area contributed by atoms with Crippen LogP contribution in [0, 0.1) is 0 Å². The molecule has 0 aromatic heterocycles. The van der Waals surface area contributed by atoms with Crippen LogP contribution < -0.4 is 5.32 Å². The number of carbonyl (C=O) groups is 2. The van der Waals surface area contributed by atoms with Crippen molar-refractivity contribution in [3.05, 3.63) is 34.9 Å². The zero-order chi connectivity index (χ0) is 17.4. The van der Waals surface area contributed by atoms with Gasteiger partial charge in [-0.05, 0) is 43.4 Å². The average molecular weight is 352 g/mol. The van der Waals surface area contributed by atoms with Crippen LogP contribution in [0.15, 0.2) is 24.3 Å². The van der Waals surface area contributed by atoms with Gasteiger partial charge in [0.05, 0.1) is 12.5 Å². The van der Waals surface area contributed by atoms with Crippen molar-refractivity contribution in [1.29, 1.82) is 0 Å². The molecule has 0 bridgehead atoms. The van der Waals surface area contributed by atoms with Crippen LogP contribution in [0.3, 0.4) is 0 Å². The Morgan fingerprint density at radius 1 is 1.12 bits per heavy atom. The summed E-state index contributed by atoms with van der Waals surface area (Å²) in [6.45, 7) is 0.648. The summed E-state index contributed by atoms with van der Waals surface area (Å²) in [4.78, 5) is 23.9. The van der Waals surface area contributed by atoms with Gasteiger partial charge >= 0.3 is 5.97 Å². The maximum atomic E-state index is 12.8. The first kappa shape index (κ1) is 18.8. The average Bonchev–Trinajstić information content (AvgIpc) is 3.09. The van der Waals surface area contributed by atoms with E-state index >= 15 is 0 Å². The number of hydrogen-bond acceptors (Lipinski definition) is 3. The van der Waals surface area contributed by atoms with E-state index in [0.29, 0.717) is 18.0 Å². The maximum absolute atomic E-state index is 12.8. The van der Waals surface area contributed by atoms with Crippen LogP contribution in [0.2, 0.25) is 5.02 Å². The zero-order valence-corrected chi connectivity index (χ0v) is 15.0. The van der Waals surface area contributed by atoms with E-state index in [4.69, 9.17) is 11.6 Å². The lowest BCUT2D eigenvalue weighted by atomic mass is 9.78. The minimum Gasteiger partial charge on any atom is -0.469 e. The lowest BCUT2D eigenvalue weighted by molar-refractivity contribution is -0.140. The van der Waals surface area contributed by atoms with Gasteiger partial charge in [0, 0.05) is 18.0 Å². The lowest BCUT2D eigenvalue weighted by Gasteiger charge is -2.28. The fourth-order valence-electron chi connectivity index (χ4n) is 3.44. The first-order chi connectivity index (χ1) is 11.6. The number of carbonyl (C=O) groups excluding carboxylic acids is 2. The van der Waals surface area contributed by atoms with Crippen LogP contribution in [-0.2, 0) is 19.7 Å². The Balaban J connectivity index is 1.84. The molecule has 0 spiro atoms. The normalized spacial score (nSPS) is 15.9. The van der Waals surface area contributed by atoms with E-state index in [1.54, 1.807) is 0 Å². The minimum atomic E-state index is -0.406. The van der Waals surface area contributed by atoms with Crippen molar-refractivity contribution in [3.63, 3.8) is 0 Å². The number of ether oxygens (including phenoxy) is 1. The molecule has 0 aliphatic heterocycles. The van der Waals surface area contributed by atoms with E-state index in [1.807, 2.05) is 24.3 Å². The van der Waals surface area contributed by atoms with Crippen molar-refractivity contribution >= 4 is 23.5 Å². The summed E-state index contributed by atoms with van der Waals surface area (Å²) in [7, 11) is 1.40. The standard InChI is InChI=1S/C19H26ClNO3/c1-24-17(22)7-3-2-6-14-21-18(23)19(12-4-5-13-19)15-8-10-16(20)11-9-15/h8-11H,2-7,12-14H2,1H3,(H,21,23). The van der Waals surface area contributed by atoms with E-state index in [0.717, 1.165) is 50.5 Å². The van der Waals surface area contributed by atoms with Gasteiger partial charge in [0.25, 0.3) is 0 Å². The van der Waals surface area contributed by atoms with Crippen LogP contribution >= 0.6 is 11.6 Å². The number of nitrogens with one attached hydrogen (secondary N) is 1. The number of esters is 1. The Labute approximate surface area is 148 Å². The van der Waals surface area contributed by atoms with Gasteiger partial charge in [0.1, 0.15) is 0 Å².